The lowest BCUT2D eigenvalue weighted by atomic mass is 10.0. The zero-order valence-electron chi connectivity index (χ0n) is 9.46. The van der Waals surface area contributed by atoms with E-state index < -0.39 is 0 Å². The summed E-state index contributed by atoms with van der Waals surface area (Å²) in [5.74, 6) is 0. The fraction of sp³-hybridized carbons (Fsp3) is 0.909. The highest BCUT2D eigenvalue weighted by Crippen LogP contribution is 2.18. The van der Waals surface area contributed by atoms with Crippen LogP contribution in [-0.4, -0.2) is 43.2 Å². The van der Waals surface area contributed by atoms with Crippen molar-refractivity contribution < 1.29 is 4.79 Å². The third-order valence-electron chi connectivity index (χ3n) is 3.16. The largest absolute Gasteiger partial charge is 0.335 e. The molecule has 1 aliphatic heterocycles. The molecule has 1 saturated heterocycles. The first-order valence-corrected chi connectivity index (χ1v) is 6.01. The third-order valence-corrected chi connectivity index (χ3v) is 3.16. The summed E-state index contributed by atoms with van der Waals surface area (Å²) in [6, 6.07) is 1.04. The number of hydrogen-bond donors (Lipinski definition) is 2. The second kappa shape index (κ2) is 4.84. The molecule has 1 heterocycles. The highest BCUT2D eigenvalue weighted by Gasteiger charge is 2.25. The van der Waals surface area contributed by atoms with Crippen molar-refractivity contribution in [3.05, 3.63) is 0 Å². The Labute approximate surface area is 91.4 Å². The molecule has 0 aromatic carbocycles. The van der Waals surface area contributed by atoms with Crippen molar-refractivity contribution in [3.8, 4) is 0 Å². The van der Waals surface area contributed by atoms with E-state index in [9.17, 15) is 4.79 Å². The van der Waals surface area contributed by atoms with Crippen molar-refractivity contribution in [2.75, 3.05) is 20.1 Å². The Balaban J connectivity index is 1.69. The fourth-order valence-corrected chi connectivity index (χ4v) is 2.01. The van der Waals surface area contributed by atoms with Gasteiger partial charge >= 0.3 is 6.03 Å². The molecule has 1 unspecified atom stereocenters. The van der Waals surface area contributed by atoms with Gasteiger partial charge in [0.25, 0.3) is 0 Å². The number of nitrogens with zero attached hydrogens (tertiary/aromatic N) is 1. The lowest BCUT2D eigenvalue weighted by Gasteiger charge is -2.28. The molecular weight excluding hydrogens is 190 g/mol. The number of rotatable bonds is 3. The summed E-state index contributed by atoms with van der Waals surface area (Å²) in [6.45, 7) is 1.93. The van der Waals surface area contributed by atoms with Gasteiger partial charge in [0.2, 0.25) is 0 Å². The molecule has 2 aliphatic rings. The van der Waals surface area contributed by atoms with Crippen molar-refractivity contribution in [2.24, 2.45) is 0 Å². The number of amides is 2. The number of urea groups is 1. The van der Waals surface area contributed by atoms with Gasteiger partial charge in [-0.1, -0.05) is 6.42 Å². The van der Waals surface area contributed by atoms with Gasteiger partial charge in [-0.15, -0.1) is 0 Å². The standard InChI is InChI=1S/C11H21N3O/c1-14(11(15)13-9-5-6-9)8-10-4-2-3-7-12-10/h9-10,12H,2-8H2,1H3,(H,13,15). The van der Waals surface area contributed by atoms with E-state index in [2.05, 4.69) is 10.6 Å². The average molecular weight is 211 g/mol. The lowest BCUT2D eigenvalue weighted by molar-refractivity contribution is 0.199. The second-order valence-corrected chi connectivity index (χ2v) is 4.75. The Bertz CT molecular complexity index is 222. The summed E-state index contributed by atoms with van der Waals surface area (Å²) in [5.41, 5.74) is 0. The molecule has 0 radical (unpaired) electrons. The maximum Gasteiger partial charge on any atom is 0.317 e. The number of carbonyl (C=O) groups is 1. The summed E-state index contributed by atoms with van der Waals surface area (Å²) in [4.78, 5) is 13.5. The van der Waals surface area contributed by atoms with Crippen LogP contribution in [0.5, 0.6) is 0 Å². The van der Waals surface area contributed by atoms with E-state index in [1.54, 1.807) is 4.90 Å². The molecule has 2 N–H and O–H groups in total. The van der Waals surface area contributed by atoms with Gasteiger partial charge in [-0.25, -0.2) is 4.79 Å². The molecule has 4 heteroatoms. The Hall–Kier alpha value is -0.770. The number of likely N-dealkylation sites (N-methyl/N-ethyl adjacent to an activating group) is 1. The van der Waals surface area contributed by atoms with Crippen molar-refractivity contribution in [1.82, 2.24) is 15.5 Å². The minimum absolute atomic E-state index is 0.0878. The quantitative estimate of drug-likeness (QED) is 0.729. The second-order valence-electron chi connectivity index (χ2n) is 4.75. The van der Waals surface area contributed by atoms with Crippen LogP contribution in [0.4, 0.5) is 4.79 Å². The summed E-state index contributed by atoms with van der Waals surface area (Å²) in [6.07, 6.45) is 6.06. The first-order chi connectivity index (χ1) is 7.25. The molecule has 2 rings (SSSR count). The van der Waals surface area contributed by atoms with E-state index in [0.29, 0.717) is 12.1 Å². The summed E-state index contributed by atoms with van der Waals surface area (Å²) >= 11 is 0. The number of carbonyl (C=O) groups excluding carboxylic acids is 1. The molecule has 1 aliphatic carbocycles. The molecule has 0 spiro atoms. The Morgan fingerprint density at radius 1 is 1.40 bits per heavy atom. The van der Waals surface area contributed by atoms with Gasteiger partial charge in [-0.05, 0) is 32.2 Å². The first-order valence-electron chi connectivity index (χ1n) is 6.01. The van der Waals surface area contributed by atoms with Gasteiger partial charge < -0.3 is 15.5 Å². The molecule has 4 nitrogen and oxygen atoms in total. The fourth-order valence-electron chi connectivity index (χ4n) is 2.01. The molecule has 0 aromatic heterocycles. The van der Waals surface area contributed by atoms with Gasteiger partial charge in [0.1, 0.15) is 0 Å². The van der Waals surface area contributed by atoms with E-state index in [1.165, 1.54) is 19.3 Å². The molecule has 2 amide bonds. The monoisotopic (exact) mass is 211 g/mol. The molecular formula is C11H21N3O. The van der Waals surface area contributed by atoms with Crippen LogP contribution in [0.25, 0.3) is 0 Å². The van der Waals surface area contributed by atoms with Crippen LogP contribution in [-0.2, 0) is 0 Å². The van der Waals surface area contributed by atoms with Gasteiger partial charge in [-0.3, -0.25) is 0 Å². The molecule has 1 saturated carbocycles. The Morgan fingerprint density at radius 3 is 2.80 bits per heavy atom. The molecule has 1 atom stereocenters. The summed E-state index contributed by atoms with van der Waals surface area (Å²) in [5, 5.41) is 6.45. The van der Waals surface area contributed by atoms with Crippen LogP contribution >= 0.6 is 0 Å². The van der Waals surface area contributed by atoms with Crippen LogP contribution in [0.2, 0.25) is 0 Å². The third kappa shape index (κ3) is 3.38. The summed E-state index contributed by atoms with van der Waals surface area (Å²) < 4.78 is 0. The van der Waals surface area contributed by atoms with Gasteiger partial charge in [0.05, 0.1) is 0 Å². The SMILES string of the molecule is CN(CC1CCCCN1)C(=O)NC1CC1. The average Bonchev–Trinajstić information content (AvgIpc) is 3.03. The Kier molecular flexibility index (Phi) is 3.46. The van der Waals surface area contributed by atoms with E-state index in [4.69, 9.17) is 0 Å². The highest BCUT2D eigenvalue weighted by atomic mass is 16.2. The van der Waals surface area contributed by atoms with E-state index in [-0.39, 0.29) is 6.03 Å². The smallest absolute Gasteiger partial charge is 0.317 e. The minimum atomic E-state index is 0.0878. The minimum Gasteiger partial charge on any atom is -0.335 e. The number of hydrogen-bond acceptors (Lipinski definition) is 2. The van der Waals surface area contributed by atoms with Crippen LogP contribution in [0.3, 0.4) is 0 Å². The normalized spacial score (nSPS) is 26.1. The van der Waals surface area contributed by atoms with Gasteiger partial charge in [-0.2, -0.15) is 0 Å². The number of nitrogens with one attached hydrogen (secondary N) is 2. The van der Waals surface area contributed by atoms with E-state index >= 15 is 0 Å². The van der Waals surface area contributed by atoms with Gasteiger partial charge in [0, 0.05) is 25.7 Å². The zero-order valence-corrected chi connectivity index (χ0v) is 9.46. The topological polar surface area (TPSA) is 44.4 Å². The van der Waals surface area contributed by atoms with Crippen molar-refractivity contribution in [3.63, 3.8) is 0 Å². The first kappa shape index (κ1) is 10.7. The zero-order chi connectivity index (χ0) is 10.7. The lowest BCUT2D eigenvalue weighted by Crippen LogP contribution is -2.47. The highest BCUT2D eigenvalue weighted by molar-refractivity contribution is 5.74. The predicted molar refractivity (Wildman–Crippen MR) is 59.8 cm³/mol. The van der Waals surface area contributed by atoms with Crippen LogP contribution in [0.15, 0.2) is 0 Å². The molecule has 2 fully saturated rings. The molecule has 0 bridgehead atoms. The van der Waals surface area contributed by atoms with Crippen molar-refractivity contribution in [1.29, 1.82) is 0 Å². The van der Waals surface area contributed by atoms with Crippen LogP contribution < -0.4 is 10.6 Å². The van der Waals surface area contributed by atoms with Crippen LogP contribution in [0.1, 0.15) is 32.1 Å². The molecule has 0 aromatic rings. The summed E-state index contributed by atoms with van der Waals surface area (Å²) in [7, 11) is 1.88. The predicted octanol–water partition coefficient (Wildman–Crippen LogP) is 0.932. The molecule has 15 heavy (non-hydrogen) atoms. The maximum atomic E-state index is 11.7. The van der Waals surface area contributed by atoms with E-state index in [1.807, 2.05) is 7.05 Å². The van der Waals surface area contributed by atoms with Crippen molar-refractivity contribution in [2.45, 2.75) is 44.2 Å². The maximum absolute atomic E-state index is 11.7. The van der Waals surface area contributed by atoms with E-state index in [0.717, 1.165) is 25.9 Å². The Morgan fingerprint density at radius 2 is 2.20 bits per heavy atom. The number of piperidine rings is 1. The van der Waals surface area contributed by atoms with Crippen molar-refractivity contribution >= 4 is 6.03 Å². The van der Waals surface area contributed by atoms with Crippen LogP contribution in [0, 0.1) is 0 Å². The van der Waals surface area contributed by atoms with Gasteiger partial charge in [0.15, 0.2) is 0 Å². The molecule has 86 valence electrons.